The van der Waals surface area contributed by atoms with Crippen molar-refractivity contribution in [1.82, 2.24) is 5.32 Å². The van der Waals surface area contributed by atoms with Crippen molar-refractivity contribution in [3.8, 4) is 5.75 Å². The van der Waals surface area contributed by atoms with Gasteiger partial charge in [0, 0.05) is 6.04 Å². The molecule has 3 heteroatoms. The molecular weight excluding hydrogens is 217 g/mol. The molecule has 94 valence electrons. The zero-order valence-corrected chi connectivity index (χ0v) is 10.5. The van der Waals surface area contributed by atoms with E-state index in [2.05, 4.69) is 5.32 Å². The lowest BCUT2D eigenvalue weighted by molar-refractivity contribution is 0.287. The number of hydrogen-bond acceptors (Lipinski definition) is 2. The lowest BCUT2D eigenvalue weighted by Crippen LogP contribution is -2.12. The number of hydrogen-bond donors (Lipinski definition) is 1. The van der Waals surface area contributed by atoms with Gasteiger partial charge in [0.05, 0.1) is 6.61 Å². The Morgan fingerprint density at radius 3 is 2.88 bits per heavy atom. The molecule has 1 atom stereocenters. The van der Waals surface area contributed by atoms with Crippen LogP contribution in [0.15, 0.2) is 18.2 Å². The fourth-order valence-electron chi connectivity index (χ4n) is 1.81. The van der Waals surface area contributed by atoms with Crippen LogP contribution in [0.5, 0.6) is 5.75 Å². The molecule has 1 fully saturated rings. The van der Waals surface area contributed by atoms with Crippen LogP contribution < -0.4 is 10.1 Å². The molecule has 1 aliphatic rings. The van der Waals surface area contributed by atoms with Gasteiger partial charge in [0.1, 0.15) is 0 Å². The molecule has 0 spiro atoms. The predicted molar refractivity (Wildman–Crippen MR) is 66.7 cm³/mol. The summed E-state index contributed by atoms with van der Waals surface area (Å²) in [7, 11) is 1.89. The summed E-state index contributed by atoms with van der Waals surface area (Å²) in [5, 5.41) is 3.13. The van der Waals surface area contributed by atoms with Crippen molar-refractivity contribution in [2.45, 2.75) is 32.2 Å². The topological polar surface area (TPSA) is 21.3 Å². The number of ether oxygens (including phenoxy) is 1. The second-order valence-electron chi connectivity index (χ2n) is 4.78. The van der Waals surface area contributed by atoms with Gasteiger partial charge in [-0.15, -0.1) is 0 Å². The maximum Gasteiger partial charge on any atom is 0.165 e. The first kappa shape index (κ1) is 12.4. The van der Waals surface area contributed by atoms with Gasteiger partial charge in [0.25, 0.3) is 0 Å². The van der Waals surface area contributed by atoms with Gasteiger partial charge in [-0.3, -0.25) is 0 Å². The summed E-state index contributed by atoms with van der Waals surface area (Å²) in [6.07, 6.45) is 3.66. The van der Waals surface area contributed by atoms with Crippen molar-refractivity contribution in [3.63, 3.8) is 0 Å². The SMILES string of the molecule is CN[C@@H](C)c1ccc(F)c(OCCC2CC2)c1. The average Bonchev–Trinajstić information content (AvgIpc) is 3.14. The molecule has 0 aromatic heterocycles. The van der Waals surface area contributed by atoms with Gasteiger partial charge in [-0.1, -0.05) is 18.9 Å². The van der Waals surface area contributed by atoms with E-state index < -0.39 is 0 Å². The first-order chi connectivity index (χ1) is 8.20. The summed E-state index contributed by atoms with van der Waals surface area (Å²) in [5.41, 5.74) is 1.05. The standard InChI is InChI=1S/C14H20FNO/c1-10(16-2)12-5-6-13(15)14(9-12)17-8-7-11-3-4-11/h5-6,9-11,16H,3-4,7-8H2,1-2H3/t10-/m0/s1. The average molecular weight is 237 g/mol. The third-order valence-corrected chi connectivity index (χ3v) is 3.37. The highest BCUT2D eigenvalue weighted by molar-refractivity contribution is 5.32. The zero-order chi connectivity index (χ0) is 12.3. The van der Waals surface area contributed by atoms with E-state index in [1.165, 1.54) is 18.9 Å². The van der Waals surface area contributed by atoms with Gasteiger partial charge in [0.15, 0.2) is 11.6 Å². The Balaban J connectivity index is 1.97. The van der Waals surface area contributed by atoms with Crippen LogP contribution in [0.25, 0.3) is 0 Å². The van der Waals surface area contributed by atoms with Crippen LogP contribution in [0, 0.1) is 11.7 Å². The molecule has 1 aromatic rings. The van der Waals surface area contributed by atoms with Crippen molar-refractivity contribution in [2.75, 3.05) is 13.7 Å². The van der Waals surface area contributed by atoms with E-state index in [0.29, 0.717) is 12.4 Å². The first-order valence-electron chi connectivity index (χ1n) is 6.30. The maximum atomic E-state index is 13.5. The minimum Gasteiger partial charge on any atom is -0.490 e. The van der Waals surface area contributed by atoms with E-state index in [0.717, 1.165) is 17.9 Å². The molecule has 0 saturated heterocycles. The van der Waals surface area contributed by atoms with Crippen molar-refractivity contribution in [1.29, 1.82) is 0 Å². The minimum absolute atomic E-state index is 0.210. The highest BCUT2D eigenvalue weighted by Gasteiger charge is 2.21. The summed E-state index contributed by atoms with van der Waals surface area (Å²) in [5.74, 6) is 0.926. The lowest BCUT2D eigenvalue weighted by atomic mass is 10.1. The molecule has 0 unspecified atom stereocenters. The summed E-state index contributed by atoms with van der Waals surface area (Å²) in [6, 6.07) is 5.28. The molecule has 1 aliphatic carbocycles. The van der Waals surface area contributed by atoms with E-state index in [1.807, 2.05) is 14.0 Å². The summed E-state index contributed by atoms with van der Waals surface area (Å²) in [4.78, 5) is 0. The van der Waals surface area contributed by atoms with Crippen LogP contribution in [0.4, 0.5) is 4.39 Å². The monoisotopic (exact) mass is 237 g/mol. The largest absolute Gasteiger partial charge is 0.490 e. The molecular formula is C14H20FNO. The Bertz CT molecular complexity index is 376. The predicted octanol–water partition coefficient (Wildman–Crippen LogP) is 3.29. The van der Waals surface area contributed by atoms with Crippen LogP contribution in [0.2, 0.25) is 0 Å². The van der Waals surface area contributed by atoms with Gasteiger partial charge in [0.2, 0.25) is 0 Å². The Kier molecular flexibility index (Phi) is 4.00. The van der Waals surface area contributed by atoms with Gasteiger partial charge < -0.3 is 10.1 Å². The molecule has 0 amide bonds. The molecule has 1 N–H and O–H groups in total. The zero-order valence-electron chi connectivity index (χ0n) is 10.5. The molecule has 17 heavy (non-hydrogen) atoms. The van der Waals surface area contributed by atoms with Crippen molar-refractivity contribution < 1.29 is 9.13 Å². The minimum atomic E-state index is -0.271. The van der Waals surface area contributed by atoms with Crippen molar-refractivity contribution >= 4 is 0 Å². The normalized spacial score (nSPS) is 16.9. The third kappa shape index (κ3) is 3.43. The lowest BCUT2D eigenvalue weighted by Gasteiger charge is -2.13. The molecule has 0 radical (unpaired) electrons. The highest BCUT2D eigenvalue weighted by Crippen LogP contribution is 2.32. The molecule has 1 aromatic carbocycles. The first-order valence-corrected chi connectivity index (χ1v) is 6.30. The van der Waals surface area contributed by atoms with Crippen LogP contribution in [-0.4, -0.2) is 13.7 Å². The van der Waals surface area contributed by atoms with Gasteiger partial charge in [-0.05, 0) is 44.0 Å². The van der Waals surface area contributed by atoms with Crippen molar-refractivity contribution in [2.24, 2.45) is 5.92 Å². The quantitative estimate of drug-likeness (QED) is 0.819. The van der Waals surface area contributed by atoms with E-state index in [9.17, 15) is 4.39 Å². The molecule has 2 nitrogen and oxygen atoms in total. The summed E-state index contributed by atoms with van der Waals surface area (Å²) < 4.78 is 19.1. The molecule has 0 bridgehead atoms. The van der Waals surface area contributed by atoms with E-state index in [1.54, 1.807) is 12.1 Å². The van der Waals surface area contributed by atoms with E-state index in [4.69, 9.17) is 4.74 Å². The van der Waals surface area contributed by atoms with E-state index in [-0.39, 0.29) is 11.9 Å². The van der Waals surface area contributed by atoms with Crippen LogP contribution >= 0.6 is 0 Å². The smallest absolute Gasteiger partial charge is 0.165 e. The molecule has 2 rings (SSSR count). The number of nitrogens with one attached hydrogen (secondary N) is 1. The maximum absolute atomic E-state index is 13.5. The van der Waals surface area contributed by atoms with E-state index >= 15 is 0 Å². The van der Waals surface area contributed by atoms with Crippen LogP contribution in [0.3, 0.4) is 0 Å². The Morgan fingerprint density at radius 2 is 2.24 bits per heavy atom. The second kappa shape index (κ2) is 5.50. The fourth-order valence-corrected chi connectivity index (χ4v) is 1.81. The number of rotatable bonds is 6. The second-order valence-corrected chi connectivity index (χ2v) is 4.78. The fraction of sp³-hybridized carbons (Fsp3) is 0.571. The highest BCUT2D eigenvalue weighted by atomic mass is 19.1. The summed E-state index contributed by atoms with van der Waals surface area (Å²) in [6.45, 7) is 2.67. The molecule has 1 saturated carbocycles. The van der Waals surface area contributed by atoms with Gasteiger partial charge in [-0.2, -0.15) is 0 Å². The van der Waals surface area contributed by atoms with Crippen LogP contribution in [-0.2, 0) is 0 Å². The van der Waals surface area contributed by atoms with Gasteiger partial charge in [-0.25, -0.2) is 4.39 Å². The van der Waals surface area contributed by atoms with Crippen LogP contribution in [0.1, 0.15) is 37.8 Å². The summed E-state index contributed by atoms with van der Waals surface area (Å²) >= 11 is 0. The third-order valence-electron chi connectivity index (χ3n) is 3.37. The number of benzene rings is 1. The molecule has 0 aliphatic heterocycles. The van der Waals surface area contributed by atoms with Gasteiger partial charge >= 0.3 is 0 Å². The molecule has 0 heterocycles. The number of halogens is 1. The Hall–Kier alpha value is -1.09. The van der Waals surface area contributed by atoms with Crippen molar-refractivity contribution in [3.05, 3.63) is 29.6 Å². The Labute approximate surface area is 102 Å². The Morgan fingerprint density at radius 1 is 1.47 bits per heavy atom.